The molecule has 3 N–H and O–H groups in total. The molecule has 8 rings (SSSR count). The highest BCUT2D eigenvalue weighted by Gasteiger charge is 2.39. The van der Waals surface area contributed by atoms with Crippen molar-refractivity contribution in [3.05, 3.63) is 101 Å². The first-order valence-corrected chi connectivity index (χ1v) is 19.2. The molecule has 5 heterocycles. The fraction of sp³-hybridized carbons (Fsp3) is 0.395. The molecule has 57 heavy (non-hydrogen) atoms. The number of carbonyl (C=O) groups is 1. The van der Waals surface area contributed by atoms with E-state index in [2.05, 4.69) is 50.0 Å². The zero-order chi connectivity index (χ0) is 40.1. The highest BCUT2D eigenvalue weighted by molar-refractivity contribution is 5.88. The van der Waals surface area contributed by atoms with Crippen LogP contribution in [0.2, 0.25) is 0 Å². The number of anilines is 2. The number of nitrogens with zero attached hydrogens (tertiary/aromatic N) is 7. The number of allylic oxidation sites excluding steroid dienone is 4. The van der Waals surface area contributed by atoms with Gasteiger partial charge in [-0.05, 0) is 91.9 Å². The number of piperidine rings is 1. The zero-order valence-corrected chi connectivity index (χ0v) is 32.0. The standard InChI is InChI=1S/C43H44F2N8O4/c1-42(2)31(8-5-9-32(42)40-50-34-17-25(16-28(20-46)36(34)57-40)22-52-14-11-43(3,12-15-52)41(55)56)27-6-4-7-29(19-27)48-38-35-33(49-39(51-38)37(44)45)18-26(21-47-35)23-53-13-10-30(54)24-53/h4-9,16-19,21,30,32,37,54H,10-15,22-24H2,1-3H3,(H,55,56)(H,48,49,51)/t30?,32-/m0/s1. The molecule has 0 amide bonds. The van der Waals surface area contributed by atoms with E-state index in [1.807, 2.05) is 54.6 Å². The Morgan fingerprint density at radius 2 is 1.81 bits per heavy atom. The van der Waals surface area contributed by atoms with E-state index in [9.17, 15) is 29.1 Å². The van der Waals surface area contributed by atoms with Gasteiger partial charge in [-0.3, -0.25) is 19.6 Å². The fourth-order valence-corrected chi connectivity index (χ4v) is 8.30. The largest absolute Gasteiger partial charge is 0.481 e. The number of β-amino-alcohol motifs (C(OH)–C–C–N with tert-alkyl or cyclic N) is 1. The topological polar surface area (TPSA) is 165 Å². The van der Waals surface area contributed by atoms with E-state index in [4.69, 9.17) is 9.40 Å². The van der Waals surface area contributed by atoms with E-state index in [0.717, 1.165) is 28.8 Å². The molecule has 2 atom stereocenters. The van der Waals surface area contributed by atoms with Crippen LogP contribution in [0.5, 0.6) is 0 Å². The van der Waals surface area contributed by atoms with Crippen LogP contribution in [-0.4, -0.2) is 78.2 Å². The molecule has 2 aliphatic heterocycles. The number of aliphatic hydroxyl groups excluding tert-OH is 1. The van der Waals surface area contributed by atoms with Crippen LogP contribution in [0.3, 0.4) is 0 Å². The summed E-state index contributed by atoms with van der Waals surface area (Å²) in [5, 5.41) is 32.9. The van der Waals surface area contributed by atoms with Crippen LogP contribution in [0.15, 0.2) is 71.3 Å². The summed E-state index contributed by atoms with van der Waals surface area (Å²) in [6.07, 6.45) is 6.30. The molecule has 294 valence electrons. The lowest BCUT2D eigenvalue weighted by Crippen LogP contribution is -2.42. The summed E-state index contributed by atoms with van der Waals surface area (Å²) in [5.41, 5.74) is 5.07. The lowest BCUT2D eigenvalue weighted by atomic mass is 9.68. The maximum Gasteiger partial charge on any atom is 0.309 e. The van der Waals surface area contributed by atoms with E-state index in [1.54, 1.807) is 19.2 Å². The van der Waals surface area contributed by atoms with Crippen molar-refractivity contribution in [2.45, 2.75) is 71.6 Å². The van der Waals surface area contributed by atoms with Crippen molar-refractivity contribution in [2.24, 2.45) is 10.8 Å². The van der Waals surface area contributed by atoms with Crippen LogP contribution in [0, 0.1) is 22.2 Å². The third-order valence-corrected chi connectivity index (χ3v) is 11.8. The number of alkyl halides is 2. The average Bonchev–Trinajstić information content (AvgIpc) is 3.80. The normalized spacial score (nSPS) is 20.9. The number of nitriles is 1. The van der Waals surface area contributed by atoms with E-state index in [1.165, 1.54) is 0 Å². The number of carboxylic acid groups (broad SMARTS) is 1. The number of carboxylic acids is 1. The number of pyridine rings is 1. The van der Waals surface area contributed by atoms with Crippen LogP contribution in [-0.2, 0) is 17.9 Å². The van der Waals surface area contributed by atoms with Gasteiger partial charge >= 0.3 is 5.97 Å². The third kappa shape index (κ3) is 7.62. The first kappa shape index (κ1) is 38.3. The highest BCUT2D eigenvalue weighted by Crippen LogP contribution is 2.50. The Bertz CT molecular complexity index is 2460. The molecule has 0 bridgehead atoms. The predicted octanol–water partition coefficient (Wildman–Crippen LogP) is 7.74. The molecule has 0 saturated carbocycles. The monoisotopic (exact) mass is 774 g/mol. The maximum atomic E-state index is 14.1. The van der Waals surface area contributed by atoms with Crippen molar-refractivity contribution >= 4 is 45.2 Å². The van der Waals surface area contributed by atoms with Crippen LogP contribution in [0.4, 0.5) is 20.3 Å². The maximum absolute atomic E-state index is 14.1. The van der Waals surface area contributed by atoms with Crippen molar-refractivity contribution in [2.75, 3.05) is 31.5 Å². The van der Waals surface area contributed by atoms with Crippen molar-refractivity contribution < 1.29 is 28.2 Å². The summed E-state index contributed by atoms with van der Waals surface area (Å²) in [6, 6.07) is 15.5. The molecule has 2 saturated heterocycles. The zero-order valence-electron chi connectivity index (χ0n) is 32.0. The van der Waals surface area contributed by atoms with Crippen LogP contribution >= 0.6 is 0 Å². The Labute approximate surface area is 328 Å². The molecule has 0 spiro atoms. The summed E-state index contributed by atoms with van der Waals surface area (Å²) in [6.45, 7) is 9.70. The van der Waals surface area contributed by atoms with Crippen molar-refractivity contribution in [1.82, 2.24) is 29.7 Å². The number of halogens is 2. The first-order chi connectivity index (χ1) is 27.3. The van der Waals surface area contributed by atoms with Gasteiger partial charge in [-0.25, -0.2) is 23.7 Å². The SMILES string of the molecule is CC1(C(=O)O)CCN(Cc2cc(C#N)c3oc([C@@H]4C=CC=C(c5cccc(Nc6nc(C(F)F)nc7cc(CN8CCC(O)C8)cnc67)c5)C4(C)C)nc3c2)CC1. The Morgan fingerprint density at radius 1 is 1.04 bits per heavy atom. The second-order valence-electron chi connectivity index (χ2n) is 16.3. The Balaban J connectivity index is 1.03. The van der Waals surface area contributed by atoms with Gasteiger partial charge in [0.2, 0.25) is 5.89 Å². The minimum absolute atomic E-state index is 0.170. The molecule has 3 aliphatic rings. The summed E-state index contributed by atoms with van der Waals surface area (Å²) < 4.78 is 34.5. The van der Waals surface area contributed by atoms with Gasteiger partial charge in [0.05, 0.1) is 28.5 Å². The summed E-state index contributed by atoms with van der Waals surface area (Å²) in [5.74, 6) is -0.997. The number of fused-ring (bicyclic) bond motifs is 2. The van der Waals surface area contributed by atoms with Crippen LogP contribution in [0.1, 0.15) is 86.3 Å². The Kier molecular flexibility index (Phi) is 10.1. The Hall–Kier alpha value is -5.62. The first-order valence-electron chi connectivity index (χ1n) is 19.2. The molecule has 1 unspecified atom stereocenters. The van der Waals surface area contributed by atoms with Crippen molar-refractivity contribution in [1.29, 1.82) is 5.26 Å². The smallest absolute Gasteiger partial charge is 0.309 e. The second kappa shape index (κ2) is 15.0. The number of aliphatic carboxylic acids is 1. The van der Waals surface area contributed by atoms with E-state index in [-0.39, 0.29) is 17.8 Å². The molecule has 5 aromatic rings. The van der Waals surface area contributed by atoms with Gasteiger partial charge in [0.25, 0.3) is 6.43 Å². The van der Waals surface area contributed by atoms with E-state index < -0.39 is 29.0 Å². The number of hydrogen-bond donors (Lipinski definition) is 3. The lowest BCUT2D eigenvalue weighted by molar-refractivity contribution is -0.150. The Morgan fingerprint density at radius 3 is 2.53 bits per heavy atom. The molecular formula is C43H44F2N8O4. The van der Waals surface area contributed by atoms with Gasteiger partial charge in [-0.2, -0.15) is 5.26 Å². The summed E-state index contributed by atoms with van der Waals surface area (Å²) >= 11 is 0. The summed E-state index contributed by atoms with van der Waals surface area (Å²) in [7, 11) is 0. The number of benzene rings is 2. The molecule has 3 aromatic heterocycles. The molecule has 0 radical (unpaired) electrons. The van der Waals surface area contributed by atoms with E-state index >= 15 is 0 Å². The van der Waals surface area contributed by atoms with E-state index in [0.29, 0.717) is 91.3 Å². The average molecular weight is 775 g/mol. The molecular weight excluding hydrogens is 731 g/mol. The van der Waals surface area contributed by atoms with Crippen LogP contribution in [0.25, 0.3) is 27.7 Å². The number of oxazole rings is 1. The van der Waals surface area contributed by atoms with Gasteiger partial charge in [0, 0.05) is 43.5 Å². The predicted molar refractivity (Wildman–Crippen MR) is 211 cm³/mol. The number of aromatic nitrogens is 4. The second-order valence-corrected chi connectivity index (χ2v) is 16.3. The highest BCUT2D eigenvalue weighted by atomic mass is 19.3. The van der Waals surface area contributed by atoms with Gasteiger partial charge in [0.1, 0.15) is 17.1 Å². The van der Waals surface area contributed by atoms with Crippen molar-refractivity contribution in [3.8, 4) is 6.07 Å². The van der Waals surface area contributed by atoms with Crippen LogP contribution < -0.4 is 5.32 Å². The van der Waals surface area contributed by atoms with Gasteiger partial charge in [-0.1, -0.05) is 44.2 Å². The number of likely N-dealkylation sites (tertiary alicyclic amines) is 2. The minimum Gasteiger partial charge on any atom is -0.481 e. The molecule has 2 aromatic carbocycles. The number of aliphatic hydroxyl groups is 1. The fourth-order valence-electron chi connectivity index (χ4n) is 8.30. The van der Waals surface area contributed by atoms with Gasteiger partial charge in [-0.15, -0.1) is 0 Å². The third-order valence-electron chi connectivity index (χ3n) is 11.8. The van der Waals surface area contributed by atoms with Gasteiger partial charge in [0.15, 0.2) is 17.2 Å². The van der Waals surface area contributed by atoms with Gasteiger partial charge < -0.3 is 19.9 Å². The minimum atomic E-state index is -2.88. The molecule has 12 nitrogen and oxygen atoms in total. The molecule has 1 aliphatic carbocycles. The number of nitrogens with one attached hydrogen (secondary N) is 1. The summed E-state index contributed by atoms with van der Waals surface area (Å²) in [4.78, 5) is 33.9. The molecule has 2 fully saturated rings. The van der Waals surface area contributed by atoms with Crippen molar-refractivity contribution in [3.63, 3.8) is 0 Å². The lowest BCUT2D eigenvalue weighted by Gasteiger charge is -2.36. The number of hydrogen-bond acceptors (Lipinski definition) is 11. The number of rotatable bonds is 10. The molecule has 14 heteroatoms. The quantitative estimate of drug-likeness (QED) is 0.127.